The van der Waals surface area contributed by atoms with E-state index in [2.05, 4.69) is 21.2 Å². The second kappa shape index (κ2) is 6.10. The third-order valence-electron chi connectivity index (χ3n) is 3.39. The highest BCUT2D eigenvalue weighted by molar-refractivity contribution is 9.10. The zero-order chi connectivity index (χ0) is 15.7. The molecular weight excluding hydrogens is 370 g/mol. The Bertz CT molecular complexity index is 763. The van der Waals surface area contributed by atoms with Crippen LogP contribution in [-0.2, 0) is 9.59 Å². The number of halogens is 2. The first-order chi connectivity index (χ1) is 10.5. The molecule has 6 heteroatoms. The van der Waals surface area contributed by atoms with E-state index in [1.165, 1.54) is 0 Å². The van der Waals surface area contributed by atoms with Gasteiger partial charge >= 0.3 is 5.97 Å². The molecule has 0 aliphatic carbocycles. The number of carbonyl (C=O) groups excluding carboxylic acids is 2. The van der Waals surface area contributed by atoms with Crippen LogP contribution in [0.1, 0.15) is 17.9 Å². The van der Waals surface area contributed by atoms with Gasteiger partial charge in [-0.05, 0) is 29.8 Å². The van der Waals surface area contributed by atoms with Gasteiger partial charge in [-0.15, -0.1) is 0 Å². The Kier molecular flexibility index (Phi) is 4.18. The van der Waals surface area contributed by atoms with Crippen molar-refractivity contribution >= 4 is 45.1 Å². The Labute approximate surface area is 140 Å². The molecule has 0 saturated carbocycles. The number of anilines is 1. The minimum absolute atomic E-state index is 0.0595. The summed E-state index contributed by atoms with van der Waals surface area (Å²) in [6.45, 7) is 0. The van der Waals surface area contributed by atoms with Crippen LogP contribution in [0.15, 0.2) is 46.9 Å². The average Bonchev–Trinajstić information content (AvgIpc) is 2.49. The molecule has 0 spiro atoms. The van der Waals surface area contributed by atoms with Crippen LogP contribution in [0.3, 0.4) is 0 Å². The predicted octanol–water partition coefficient (Wildman–Crippen LogP) is 4.13. The molecule has 0 radical (unpaired) electrons. The number of benzene rings is 2. The van der Waals surface area contributed by atoms with E-state index in [-0.39, 0.29) is 18.1 Å². The lowest BCUT2D eigenvalue weighted by Crippen LogP contribution is -2.29. The zero-order valence-electron chi connectivity index (χ0n) is 11.3. The van der Waals surface area contributed by atoms with E-state index in [1.807, 2.05) is 12.1 Å². The molecule has 0 saturated heterocycles. The summed E-state index contributed by atoms with van der Waals surface area (Å²) >= 11 is 9.35. The van der Waals surface area contributed by atoms with Crippen LogP contribution < -0.4 is 10.1 Å². The van der Waals surface area contributed by atoms with Gasteiger partial charge in [0.1, 0.15) is 5.75 Å². The molecule has 3 rings (SSSR count). The standard InChI is InChI=1S/C16H11BrClNO3/c17-9-5-6-14(12(18)7-9)22-16(21)11-8-15(20)19-13-4-2-1-3-10(11)13/h1-7,11H,8H2,(H,19,20). The monoisotopic (exact) mass is 379 g/mol. The fourth-order valence-corrected chi connectivity index (χ4v) is 3.07. The van der Waals surface area contributed by atoms with Crippen LogP contribution in [0.4, 0.5) is 5.69 Å². The van der Waals surface area contributed by atoms with Gasteiger partial charge in [-0.1, -0.05) is 45.7 Å². The third kappa shape index (κ3) is 3.00. The highest BCUT2D eigenvalue weighted by atomic mass is 79.9. The third-order valence-corrected chi connectivity index (χ3v) is 4.18. The maximum atomic E-state index is 12.4. The highest BCUT2D eigenvalue weighted by Gasteiger charge is 2.32. The van der Waals surface area contributed by atoms with Crippen molar-refractivity contribution in [3.05, 3.63) is 57.5 Å². The van der Waals surface area contributed by atoms with E-state index < -0.39 is 11.9 Å². The summed E-state index contributed by atoms with van der Waals surface area (Å²) in [5, 5.41) is 3.08. The average molecular weight is 381 g/mol. The number of amides is 1. The number of nitrogens with one attached hydrogen (secondary N) is 1. The van der Waals surface area contributed by atoms with Gasteiger partial charge in [0.05, 0.1) is 10.9 Å². The SMILES string of the molecule is O=C1CC(C(=O)Oc2ccc(Br)cc2Cl)c2ccccc2N1. The molecule has 112 valence electrons. The largest absolute Gasteiger partial charge is 0.424 e. The van der Waals surface area contributed by atoms with E-state index in [0.29, 0.717) is 10.7 Å². The Morgan fingerprint density at radius 1 is 1.27 bits per heavy atom. The van der Waals surface area contributed by atoms with Gasteiger partial charge in [0.15, 0.2) is 0 Å². The molecule has 1 amide bonds. The Balaban J connectivity index is 1.88. The van der Waals surface area contributed by atoms with Gasteiger partial charge in [-0.25, -0.2) is 0 Å². The van der Waals surface area contributed by atoms with Crippen LogP contribution in [0.5, 0.6) is 5.75 Å². The van der Waals surface area contributed by atoms with Crippen molar-refractivity contribution < 1.29 is 14.3 Å². The molecule has 0 fully saturated rings. The van der Waals surface area contributed by atoms with Gasteiger partial charge in [0, 0.05) is 16.6 Å². The summed E-state index contributed by atoms with van der Waals surface area (Å²) in [7, 11) is 0. The first kappa shape index (κ1) is 15.1. The second-order valence-corrected chi connectivity index (χ2v) is 6.21. The summed E-state index contributed by atoms with van der Waals surface area (Å²) in [6.07, 6.45) is 0.0595. The van der Waals surface area contributed by atoms with Crippen molar-refractivity contribution in [1.29, 1.82) is 0 Å². The Morgan fingerprint density at radius 2 is 2.05 bits per heavy atom. The number of fused-ring (bicyclic) bond motifs is 1. The normalized spacial score (nSPS) is 16.6. The number of hydrogen-bond donors (Lipinski definition) is 1. The van der Waals surface area contributed by atoms with Crippen molar-refractivity contribution in [1.82, 2.24) is 0 Å². The molecule has 1 heterocycles. The van der Waals surface area contributed by atoms with E-state index in [1.54, 1.807) is 30.3 Å². The zero-order valence-corrected chi connectivity index (χ0v) is 13.6. The lowest BCUT2D eigenvalue weighted by Gasteiger charge is -2.24. The Hall–Kier alpha value is -1.85. The van der Waals surface area contributed by atoms with Crippen LogP contribution in [0.2, 0.25) is 5.02 Å². The number of rotatable bonds is 2. The molecule has 2 aromatic carbocycles. The maximum Gasteiger partial charge on any atom is 0.319 e. The van der Waals surface area contributed by atoms with Gasteiger partial charge in [0.2, 0.25) is 5.91 Å². The fourth-order valence-electron chi connectivity index (χ4n) is 2.36. The molecule has 1 atom stereocenters. The minimum Gasteiger partial charge on any atom is -0.424 e. The van der Waals surface area contributed by atoms with Crippen molar-refractivity contribution in [2.24, 2.45) is 0 Å². The first-order valence-electron chi connectivity index (χ1n) is 6.60. The van der Waals surface area contributed by atoms with Crippen molar-refractivity contribution in [3.8, 4) is 5.75 Å². The first-order valence-corrected chi connectivity index (χ1v) is 7.77. The smallest absolute Gasteiger partial charge is 0.319 e. The molecular formula is C16H11BrClNO3. The number of esters is 1. The van der Waals surface area contributed by atoms with Crippen LogP contribution in [-0.4, -0.2) is 11.9 Å². The number of para-hydroxylation sites is 1. The van der Waals surface area contributed by atoms with E-state index in [0.717, 1.165) is 10.0 Å². The molecule has 22 heavy (non-hydrogen) atoms. The lowest BCUT2D eigenvalue weighted by atomic mass is 9.91. The number of carbonyl (C=O) groups is 2. The predicted molar refractivity (Wildman–Crippen MR) is 87.2 cm³/mol. The summed E-state index contributed by atoms with van der Waals surface area (Å²) in [5.41, 5.74) is 1.39. The highest BCUT2D eigenvalue weighted by Crippen LogP contribution is 2.34. The molecule has 0 bridgehead atoms. The van der Waals surface area contributed by atoms with Crippen LogP contribution in [0.25, 0.3) is 0 Å². The quantitative estimate of drug-likeness (QED) is 0.629. The molecule has 1 N–H and O–H groups in total. The van der Waals surface area contributed by atoms with E-state index in [9.17, 15) is 9.59 Å². The van der Waals surface area contributed by atoms with Crippen molar-refractivity contribution in [2.75, 3.05) is 5.32 Å². The minimum atomic E-state index is -0.635. The summed E-state index contributed by atoms with van der Waals surface area (Å²) in [4.78, 5) is 24.2. The summed E-state index contributed by atoms with van der Waals surface area (Å²) in [6, 6.07) is 12.2. The van der Waals surface area contributed by atoms with Gasteiger partial charge in [0.25, 0.3) is 0 Å². The van der Waals surface area contributed by atoms with Crippen LogP contribution in [0, 0.1) is 0 Å². The molecule has 2 aromatic rings. The molecule has 1 aliphatic rings. The lowest BCUT2D eigenvalue weighted by molar-refractivity contribution is -0.138. The fraction of sp³-hybridized carbons (Fsp3) is 0.125. The molecule has 4 nitrogen and oxygen atoms in total. The van der Waals surface area contributed by atoms with Gasteiger partial charge in [-0.3, -0.25) is 9.59 Å². The van der Waals surface area contributed by atoms with Crippen molar-refractivity contribution in [3.63, 3.8) is 0 Å². The van der Waals surface area contributed by atoms with Crippen LogP contribution >= 0.6 is 27.5 Å². The Morgan fingerprint density at radius 3 is 2.82 bits per heavy atom. The second-order valence-electron chi connectivity index (χ2n) is 4.89. The number of ether oxygens (including phenoxy) is 1. The van der Waals surface area contributed by atoms with E-state index in [4.69, 9.17) is 16.3 Å². The molecule has 1 unspecified atom stereocenters. The number of hydrogen-bond acceptors (Lipinski definition) is 3. The summed E-state index contributed by atoms with van der Waals surface area (Å²) < 4.78 is 6.16. The molecule has 1 aliphatic heterocycles. The van der Waals surface area contributed by atoms with Gasteiger partial charge in [-0.2, -0.15) is 0 Å². The topological polar surface area (TPSA) is 55.4 Å². The van der Waals surface area contributed by atoms with E-state index >= 15 is 0 Å². The van der Waals surface area contributed by atoms with Gasteiger partial charge < -0.3 is 10.1 Å². The maximum absolute atomic E-state index is 12.4. The van der Waals surface area contributed by atoms with Crippen molar-refractivity contribution in [2.45, 2.75) is 12.3 Å². The molecule has 0 aromatic heterocycles. The summed E-state index contributed by atoms with van der Waals surface area (Å²) in [5.74, 6) is -1.06.